The Labute approximate surface area is 190 Å². The summed E-state index contributed by atoms with van der Waals surface area (Å²) in [4.78, 5) is 28.7. The summed E-state index contributed by atoms with van der Waals surface area (Å²) < 4.78 is 9.54. The van der Waals surface area contributed by atoms with E-state index in [1.54, 1.807) is 4.57 Å². The van der Waals surface area contributed by atoms with E-state index < -0.39 is 0 Å². The summed E-state index contributed by atoms with van der Waals surface area (Å²) in [5.41, 5.74) is 6.46. The molecule has 0 bridgehead atoms. The van der Waals surface area contributed by atoms with Crippen LogP contribution in [0.4, 0.5) is 0 Å². The molecule has 4 heterocycles. The van der Waals surface area contributed by atoms with Crippen LogP contribution in [0.5, 0.6) is 0 Å². The van der Waals surface area contributed by atoms with Crippen molar-refractivity contribution in [3.63, 3.8) is 0 Å². The molecule has 166 valence electrons. The molecular formula is C26H25N5O2. The fourth-order valence-electron chi connectivity index (χ4n) is 4.83. The zero-order valence-electron chi connectivity index (χ0n) is 19.0. The van der Waals surface area contributed by atoms with E-state index >= 15 is 0 Å². The van der Waals surface area contributed by atoms with Gasteiger partial charge in [-0.05, 0) is 62.9 Å². The monoisotopic (exact) mass is 439 g/mol. The van der Waals surface area contributed by atoms with Gasteiger partial charge in [0.05, 0.1) is 29.4 Å². The Morgan fingerprint density at radius 1 is 1.00 bits per heavy atom. The van der Waals surface area contributed by atoms with Crippen molar-refractivity contribution in [2.45, 2.75) is 46.3 Å². The molecule has 1 aliphatic heterocycles. The van der Waals surface area contributed by atoms with Crippen LogP contribution in [0.1, 0.15) is 29.8 Å². The molecule has 1 atom stereocenters. The first-order valence-electron chi connectivity index (χ1n) is 11.4. The van der Waals surface area contributed by atoms with E-state index in [0.29, 0.717) is 34.6 Å². The van der Waals surface area contributed by atoms with Gasteiger partial charge in [0, 0.05) is 6.61 Å². The lowest BCUT2D eigenvalue weighted by atomic mass is 10.1. The first-order valence-corrected chi connectivity index (χ1v) is 11.4. The van der Waals surface area contributed by atoms with Gasteiger partial charge in [0.15, 0.2) is 11.3 Å². The first kappa shape index (κ1) is 20.1. The maximum absolute atomic E-state index is 13.9. The van der Waals surface area contributed by atoms with Crippen LogP contribution >= 0.6 is 0 Å². The van der Waals surface area contributed by atoms with Gasteiger partial charge in [0.25, 0.3) is 5.56 Å². The molecule has 7 nitrogen and oxygen atoms in total. The van der Waals surface area contributed by atoms with Gasteiger partial charge in [-0.25, -0.2) is 15.0 Å². The highest BCUT2D eigenvalue weighted by Crippen LogP contribution is 2.30. The second-order valence-corrected chi connectivity index (χ2v) is 8.92. The third-order valence-corrected chi connectivity index (χ3v) is 6.57. The molecule has 6 rings (SSSR count). The van der Waals surface area contributed by atoms with E-state index in [4.69, 9.17) is 19.7 Å². The zero-order valence-corrected chi connectivity index (χ0v) is 19.0. The van der Waals surface area contributed by atoms with Crippen LogP contribution in [0.25, 0.3) is 38.9 Å². The summed E-state index contributed by atoms with van der Waals surface area (Å²) in [6.07, 6.45) is 2.02. The second kappa shape index (κ2) is 7.49. The third kappa shape index (κ3) is 3.15. The fraction of sp³-hybridized carbons (Fsp3) is 0.308. The van der Waals surface area contributed by atoms with E-state index in [-0.39, 0.29) is 11.7 Å². The number of hydrogen-bond acceptors (Lipinski definition) is 5. The Bertz CT molecular complexity index is 1610. The Morgan fingerprint density at radius 3 is 2.55 bits per heavy atom. The molecule has 7 heteroatoms. The molecule has 0 spiro atoms. The fourth-order valence-corrected chi connectivity index (χ4v) is 4.83. The molecule has 5 aromatic rings. The van der Waals surface area contributed by atoms with Crippen LogP contribution in [-0.4, -0.2) is 36.8 Å². The topological polar surface area (TPSA) is 74.8 Å². The van der Waals surface area contributed by atoms with Gasteiger partial charge in [-0.2, -0.15) is 0 Å². The number of aryl methyl sites for hydroxylation is 3. The maximum atomic E-state index is 13.9. The van der Waals surface area contributed by atoms with Crippen LogP contribution in [0.2, 0.25) is 0 Å². The molecule has 1 saturated heterocycles. The average molecular weight is 440 g/mol. The molecule has 1 fully saturated rings. The maximum Gasteiger partial charge on any atom is 0.265 e. The van der Waals surface area contributed by atoms with E-state index in [1.165, 1.54) is 0 Å². The van der Waals surface area contributed by atoms with Crippen LogP contribution < -0.4 is 5.56 Å². The van der Waals surface area contributed by atoms with Gasteiger partial charge in [-0.15, -0.1) is 0 Å². The molecule has 0 radical (unpaired) electrons. The summed E-state index contributed by atoms with van der Waals surface area (Å²) in [6.45, 7) is 7.26. The van der Waals surface area contributed by atoms with Gasteiger partial charge in [-0.3, -0.25) is 13.9 Å². The van der Waals surface area contributed by atoms with E-state index in [9.17, 15) is 4.79 Å². The number of rotatable bonds is 3. The van der Waals surface area contributed by atoms with Crippen LogP contribution in [0.3, 0.4) is 0 Å². The highest BCUT2D eigenvalue weighted by Gasteiger charge is 2.25. The average Bonchev–Trinajstić information content (AvgIpc) is 3.42. The number of fused-ring (bicyclic) bond motifs is 4. The van der Waals surface area contributed by atoms with Crippen molar-refractivity contribution < 1.29 is 4.74 Å². The van der Waals surface area contributed by atoms with Crippen LogP contribution in [0.15, 0.2) is 47.3 Å². The number of aromatic nitrogens is 5. The van der Waals surface area contributed by atoms with Crippen molar-refractivity contribution in [2.75, 3.05) is 6.61 Å². The molecular weight excluding hydrogens is 414 g/mol. The van der Waals surface area contributed by atoms with Gasteiger partial charge in [0.2, 0.25) is 0 Å². The molecule has 0 aliphatic carbocycles. The molecule has 2 aromatic carbocycles. The molecule has 0 amide bonds. The summed E-state index contributed by atoms with van der Waals surface area (Å²) in [5, 5.41) is 0.507. The van der Waals surface area contributed by atoms with Gasteiger partial charge in [0.1, 0.15) is 16.7 Å². The Morgan fingerprint density at radius 2 is 1.79 bits per heavy atom. The molecule has 1 unspecified atom stereocenters. The van der Waals surface area contributed by atoms with Crippen LogP contribution in [0, 0.1) is 20.8 Å². The Kier molecular flexibility index (Phi) is 4.55. The Hall–Kier alpha value is -3.58. The van der Waals surface area contributed by atoms with Crippen molar-refractivity contribution in [3.05, 3.63) is 69.8 Å². The lowest BCUT2D eigenvalue weighted by Gasteiger charge is -2.15. The smallest absolute Gasteiger partial charge is 0.265 e. The lowest BCUT2D eigenvalue weighted by molar-refractivity contribution is 0.0955. The largest absolute Gasteiger partial charge is 0.376 e. The van der Waals surface area contributed by atoms with Crippen molar-refractivity contribution in [3.8, 4) is 5.69 Å². The van der Waals surface area contributed by atoms with E-state index in [1.807, 2.05) is 35.8 Å². The van der Waals surface area contributed by atoms with Gasteiger partial charge in [-0.1, -0.05) is 24.3 Å². The Balaban J connectivity index is 1.75. The highest BCUT2D eigenvalue weighted by molar-refractivity contribution is 6.06. The number of nitrogens with zero attached hydrogens (tertiary/aromatic N) is 5. The van der Waals surface area contributed by atoms with Gasteiger partial charge >= 0.3 is 0 Å². The van der Waals surface area contributed by atoms with Crippen molar-refractivity contribution in [1.82, 2.24) is 24.1 Å². The molecule has 0 saturated carbocycles. The molecule has 33 heavy (non-hydrogen) atoms. The number of hydrogen-bond donors (Lipinski definition) is 0. The number of ether oxygens (including phenoxy) is 1. The van der Waals surface area contributed by atoms with Crippen molar-refractivity contribution in [2.24, 2.45) is 0 Å². The number of para-hydroxylation sites is 2. The van der Waals surface area contributed by atoms with Crippen molar-refractivity contribution >= 4 is 33.2 Å². The first-order chi connectivity index (χ1) is 16.0. The summed E-state index contributed by atoms with van der Waals surface area (Å²) in [6, 6.07) is 14.0. The highest BCUT2D eigenvalue weighted by atomic mass is 16.5. The summed E-state index contributed by atoms with van der Waals surface area (Å²) in [7, 11) is 0. The standard InChI is InChI=1S/C26H25N5O2/c1-15-10-11-16(2)21(13-15)31-24-22(23-25(31)29-20-9-5-4-8-19(20)28-23)26(32)30(17(3)27-24)14-18-7-6-12-33-18/h4-5,8-11,13,18H,6-7,12,14H2,1-3H3. The zero-order chi connectivity index (χ0) is 22.7. The summed E-state index contributed by atoms with van der Waals surface area (Å²) in [5.74, 6) is 0.668. The molecule has 0 N–H and O–H groups in total. The van der Waals surface area contributed by atoms with Gasteiger partial charge < -0.3 is 4.74 Å². The third-order valence-electron chi connectivity index (χ3n) is 6.57. The normalized spacial score (nSPS) is 16.4. The predicted molar refractivity (Wildman–Crippen MR) is 129 cm³/mol. The molecule has 1 aliphatic rings. The van der Waals surface area contributed by atoms with E-state index in [2.05, 4.69) is 32.0 Å². The van der Waals surface area contributed by atoms with Crippen molar-refractivity contribution in [1.29, 1.82) is 0 Å². The van der Waals surface area contributed by atoms with E-state index in [0.717, 1.165) is 47.3 Å². The molecule has 3 aromatic heterocycles. The SMILES string of the molecule is Cc1ccc(C)c(-n2c3nc4ccccc4nc3c3c(=O)n(CC4CCCO4)c(C)nc32)c1. The van der Waals surface area contributed by atoms with Crippen LogP contribution in [-0.2, 0) is 11.3 Å². The predicted octanol–water partition coefficient (Wildman–Crippen LogP) is 4.39. The minimum absolute atomic E-state index is 0.0416. The summed E-state index contributed by atoms with van der Waals surface area (Å²) >= 11 is 0. The minimum atomic E-state index is -0.0911. The quantitative estimate of drug-likeness (QED) is 0.417. The minimum Gasteiger partial charge on any atom is -0.376 e. The second-order valence-electron chi connectivity index (χ2n) is 8.92. The number of benzene rings is 2. The lowest BCUT2D eigenvalue weighted by Crippen LogP contribution is -2.29.